The molecular formula is C13H23N. The molecule has 1 fully saturated rings. The normalized spacial score (nSPS) is 17.7. The first kappa shape index (κ1) is 11.6. The van der Waals surface area contributed by atoms with E-state index in [0.717, 1.165) is 24.9 Å². The van der Waals surface area contributed by atoms with E-state index < -0.39 is 0 Å². The topological polar surface area (TPSA) is 12.0 Å². The van der Waals surface area contributed by atoms with Gasteiger partial charge in [-0.25, -0.2) is 0 Å². The molecule has 80 valence electrons. The molecule has 0 radical (unpaired) electrons. The number of unbranched alkanes of at least 4 members (excludes halogenated alkanes) is 3. The largest absolute Gasteiger partial charge is 0.314 e. The molecule has 0 aliphatic heterocycles. The van der Waals surface area contributed by atoms with Gasteiger partial charge < -0.3 is 5.32 Å². The maximum Gasteiger partial charge on any atom is 0.00952 e. The Morgan fingerprint density at radius 3 is 2.71 bits per heavy atom. The highest BCUT2D eigenvalue weighted by Gasteiger charge is 2.29. The first-order chi connectivity index (χ1) is 6.88. The lowest BCUT2D eigenvalue weighted by molar-refractivity contribution is 0.426. The lowest BCUT2D eigenvalue weighted by Gasteiger charge is -2.16. The number of nitrogens with one attached hydrogen (secondary N) is 1. The second kappa shape index (κ2) is 6.90. The van der Waals surface area contributed by atoms with Crippen molar-refractivity contribution in [1.29, 1.82) is 0 Å². The molecule has 1 heteroatoms. The van der Waals surface area contributed by atoms with Crippen molar-refractivity contribution in [2.45, 2.75) is 57.9 Å². The SMILES string of the molecule is C#CCCCCCC(NCC)C1CC1. The molecule has 1 aliphatic carbocycles. The second-order valence-corrected chi connectivity index (χ2v) is 4.31. The molecule has 0 aromatic carbocycles. The molecule has 0 saturated heterocycles. The summed E-state index contributed by atoms with van der Waals surface area (Å²) in [5, 5.41) is 3.60. The molecular weight excluding hydrogens is 170 g/mol. The number of rotatable bonds is 8. The standard InChI is InChI=1S/C13H23N/c1-3-5-6-7-8-9-13(14-4-2)12-10-11-12/h1,12-14H,4-11H2,2H3. The van der Waals surface area contributed by atoms with Gasteiger partial charge in [-0.2, -0.15) is 0 Å². The van der Waals surface area contributed by atoms with Crippen LogP contribution in [-0.2, 0) is 0 Å². The minimum absolute atomic E-state index is 0.797. The summed E-state index contributed by atoms with van der Waals surface area (Å²) in [5.41, 5.74) is 0. The van der Waals surface area contributed by atoms with Crippen LogP contribution >= 0.6 is 0 Å². The summed E-state index contributed by atoms with van der Waals surface area (Å²) < 4.78 is 0. The molecule has 1 saturated carbocycles. The van der Waals surface area contributed by atoms with Crippen molar-refractivity contribution in [3.8, 4) is 12.3 Å². The summed E-state index contributed by atoms with van der Waals surface area (Å²) in [7, 11) is 0. The summed E-state index contributed by atoms with van der Waals surface area (Å²) in [6, 6.07) is 0.797. The van der Waals surface area contributed by atoms with E-state index in [1.54, 1.807) is 0 Å². The average molecular weight is 193 g/mol. The molecule has 0 bridgehead atoms. The van der Waals surface area contributed by atoms with E-state index in [1.807, 2.05) is 0 Å². The van der Waals surface area contributed by atoms with Gasteiger partial charge in [0.05, 0.1) is 0 Å². The summed E-state index contributed by atoms with van der Waals surface area (Å²) in [5.74, 6) is 3.69. The number of hydrogen-bond acceptors (Lipinski definition) is 1. The molecule has 1 aliphatic rings. The lowest BCUT2D eigenvalue weighted by Crippen LogP contribution is -2.30. The molecule has 0 aromatic rings. The smallest absolute Gasteiger partial charge is 0.00952 e. The number of hydrogen-bond donors (Lipinski definition) is 1. The van der Waals surface area contributed by atoms with Crippen molar-refractivity contribution in [2.24, 2.45) is 5.92 Å². The van der Waals surface area contributed by atoms with Crippen LogP contribution in [0.25, 0.3) is 0 Å². The summed E-state index contributed by atoms with van der Waals surface area (Å²) >= 11 is 0. The van der Waals surface area contributed by atoms with Crippen LogP contribution in [0.4, 0.5) is 0 Å². The minimum atomic E-state index is 0.797. The van der Waals surface area contributed by atoms with Crippen molar-refractivity contribution in [3.63, 3.8) is 0 Å². The Morgan fingerprint density at radius 1 is 1.36 bits per heavy atom. The van der Waals surface area contributed by atoms with Crippen LogP contribution < -0.4 is 5.32 Å². The second-order valence-electron chi connectivity index (χ2n) is 4.31. The third kappa shape index (κ3) is 4.67. The van der Waals surface area contributed by atoms with Gasteiger partial charge in [0, 0.05) is 12.5 Å². The summed E-state index contributed by atoms with van der Waals surface area (Å²) in [6.45, 7) is 3.32. The van der Waals surface area contributed by atoms with Crippen LogP contribution in [0, 0.1) is 18.3 Å². The maximum atomic E-state index is 5.21. The van der Waals surface area contributed by atoms with Crippen molar-refractivity contribution in [2.75, 3.05) is 6.54 Å². The van der Waals surface area contributed by atoms with Gasteiger partial charge in [-0.1, -0.05) is 19.8 Å². The van der Waals surface area contributed by atoms with E-state index in [0.29, 0.717) is 0 Å². The molecule has 1 atom stereocenters. The van der Waals surface area contributed by atoms with Crippen LogP contribution in [0.5, 0.6) is 0 Å². The summed E-state index contributed by atoms with van der Waals surface area (Å²) in [6.07, 6.45) is 14.3. The van der Waals surface area contributed by atoms with E-state index >= 15 is 0 Å². The minimum Gasteiger partial charge on any atom is -0.314 e. The highest BCUT2D eigenvalue weighted by Crippen LogP contribution is 2.34. The average Bonchev–Trinajstić information content (AvgIpc) is 2.99. The van der Waals surface area contributed by atoms with Crippen molar-refractivity contribution in [3.05, 3.63) is 0 Å². The van der Waals surface area contributed by atoms with Crippen molar-refractivity contribution < 1.29 is 0 Å². The predicted molar refractivity (Wildman–Crippen MR) is 62.1 cm³/mol. The Morgan fingerprint density at radius 2 is 2.14 bits per heavy atom. The van der Waals surface area contributed by atoms with Gasteiger partial charge >= 0.3 is 0 Å². The van der Waals surface area contributed by atoms with E-state index in [9.17, 15) is 0 Å². The fraction of sp³-hybridized carbons (Fsp3) is 0.846. The Labute approximate surface area is 88.7 Å². The first-order valence-corrected chi connectivity index (χ1v) is 6.05. The molecule has 0 spiro atoms. The Bertz CT molecular complexity index is 176. The van der Waals surface area contributed by atoms with Gasteiger partial charge in [0.25, 0.3) is 0 Å². The van der Waals surface area contributed by atoms with Gasteiger partial charge in [-0.3, -0.25) is 0 Å². The van der Waals surface area contributed by atoms with Crippen molar-refractivity contribution >= 4 is 0 Å². The molecule has 1 nitrogen and oxygen atoms in total. The zero-order valence-corrected chi connectivity index (χ0v) is 9.39. The Kier molecular flexibility index (Phi) is 5.71. The van der Waals surface area contributed by atoms with E-state index in [1.165, 1.54) is 38.5 Å². The molecule has 0 heterocycles. The van der Waals surface area contributed by atoms with Gasteiger partial charge in [-0.05, 0) is 38.1 Å². The highest BCUT2D eigenvalue weighted by atomic mass is 14.9. The Balaban J connectivity index is 1.99. The quantitative estimate of drug-likeness (QED) is 0.461. The fourth-order valence-electron chi connectivity index (χ4n) is 2.03. The zero-order chi connectivity index (χ0) is 10.2. The van der Waals surface area contributed by atoms with Crippen LogP contribution in [0.2, 0.25) is 0 Å². The lowest BCUT2D eigenvalue weighted by atomic mass is 10.0. The zero-order valence-electron chi connectivity index (χ0n) is 9.39. The van der Waals surface area contributed by atoms with Crippen LogP contribution in [0.1, 0.15) is 51.9 Å². The van der Waals surface area contributed by atoms with Gasteiger partial charge in [0.1, 0.15) is 0 Å². The predicted octanol–water partition coefficient (Wildman–Crippen LogP) is 2.96. The Hall–Kier alpha value is -0.480. The van der Waals surface area contributed by atoms with Gasteiger partial charge in [-0.15, -0.1) is 12.3 Å². The molecule has 1 rings (SSSR count). The van der Waals surface area contributed by atoms with Gasteiger partial charge in [0.15, 0.2) is 0 Å². The highest BCUT2D eigenvalue weighted by molar-refractivity contribution is 4.86. The molecule has 0 amide bonds. The number of terminal acetylenes is 1. The third-order valence-electron chi connectivity index (χ3n) is 2.99. The van der Waals surface area contributed by atoms with Crippen molar-refractivity contribution in [1.82, 2.24) is 5.32 Å². The maximum absolute atomic E-state index is 5.21. The summed E-state index contributed by atoms with van der Waals surface area (Å²) in [4.78, 5) is 0. The fourth-order valence-corrected chi connectivity index (χ4v) is 2.03. The van der Waals surface area contributed by atoms with Gasteiger partial charge in [0.2, 0.25) is 0 Å². The van der Waals surface area contributed by atoms with E-state index in [-0.39, 0.29) is 0 Å². The third-order valence-corrected chi connectivity index (χ3v) is 2.99. The molecule has 0 aromatic heterocycles. The van der Waals surface area contributed by atoms with E-state index in [2.05, 4.69) is 18.2 Å². The van der Waals surface area contributed by atoms with Crippen LogP contribution in [-0.4, -0.2) is 12.6 Å². The molecule has 1 unspecified atom stereocenters. The first-order valence-electron chi connectivity index (χ1n) is 6.05. The molecule has 1 N–H and O–H groups in total. The molecule has 14 heavy (non-hydrogen) atoms. The monoisotopic (exact) mass is 193 g/mol. The van der Waals surface area contributed by atoms with Crippen LogP contribution in [0.15, 0.2) is 0 Å². The van der Waals surface area contributed by atoms with Crippen LogP contribution in [0.3, 0.4) is 0 Å². The van der Waals surface area contributed by atoms with E-state index in [4.69, 9.17) is 6.42 Å².